The average molecular weight is 292 g/mol. The molecule has 1 N–H and O–H groups in total. The van der Waals surface area contributed by atoms with Crippen LogP contribution >= 0.6 is 0 Å². The molecule has 0 aliphatic rings. The number of nitrogens with zero attached hydrogens (tertiary/aromatic N) is 1. The van der Waals surface area contributed by atoms with Crippen LogP contribution in [0.25, 0.3) is 0 Å². The Morgan fingerprint density at radius 1 is 1.37 bits per heavy atom. The minimum atomic E-state index is -4.58. The Morgan fingerprint density at radius 2 is 2.00 bits per heavy atom. The second-order valence-electron chi connectivity index (χ2n) is 3.79. The molecule has 0 aromatic heterocycles. The van der Waals surface area contributed by atoms with Gasteiger partial charge in [-0.25, -0.2) is 8.42 Å². The fourth-order valence-corrected chi connectivity index (χ4v) is 2.54. The summed E-state index contributed by atoms with van der Waals surface area (Å²) in [4.78, 5) is 0. The molecule has 0 spiro atoms. The summed E-state index contributed by atoms with van der Waals surface area (Å²) in [6.07, 6.45) is -4.22. The Bertz CT molecular complexity index is 603. The van der Waals surface area contributed by atoms with Crippen molar-refractivity contribution in [2.45, 2.75) is 19.5 Å². The zero-order valence-corrected chi connectivity index (χ0v) is 10.8. The molecule has 0 amide bonds. The van der Waals surface area contributed by atoms with Crippen LogP contribution in [0.4, 0.5) is 18.9 Å². The fraction of sp³-hybridized carbons (Fsp3) is 0.364. The van der Waals surface area contributed by atoms with Crippen LogP contribution in [-0.2, 0) is 16.2 Å². The van der Waals surface area contributed by atoms with Gasteiger partial charge in [-0.1, -0.05) is 6.92 Å². The summed E-state index contributed by atoms with van der Waals surface area (Å²) < 4.78 is 62.5. The van der Waals surface area contributed by atoms with Gasteiger partial charge in [-0.2, -0.15) is 18.4 Å². The molecule has 0 radical (unpaired) electrons. The molecule has 0 saturated carbocycles. The van der Waals surface area contributed by atoms with E-state index in [4.69, 9.17) is 5.26 Å². The van der Waals surface area contributed by atoms with E-state index < -0.39 is 21.8 Å². The Morgan fingerprint density at radius 3 is 2.47 bits per heavy atom. The van der Waals surface area contributed by atoms with Crippen LogP contribution in [0.2, 0.25) is 0 Å². The topological polar surface area (TPSA) is 70.0 Å². The SMILES string of the molecule is CCCS(=O)(=O)Nc1ccc(C(F)(F)F)cc1C#N. The molecule has 0 heterocycles. The Labute approximate surface area is 108 Å². The molecule has 0 aliphatic heterocycles. The number of anilines is 1. The first-order valence-electron chi connectivity index (χ1n) is 5.31. The third-order valence-electron chi connectivity index (χ3n) is 2.21. The lowest BCUT2D eigenvalue weighted by Gasteiger charge is -2.11. The van der Waals surface area contributed by atoms with Crippen molar-refractivity contribution in [1.82, 2.24) is 0 Å². The normalized spacial score (nSPS) is 11.9. The molecule has 0 saturated heterocycles. The number of hydrogen-bond donors (Lipinski definition) is 1. The summed E-state index contributed by atoms with van der Waals surface area (Å²) in [6, 6.07) is 3.83. The predicted molar refractivity (Wildman–Crippen MR) is 63.9 cm³/mol. The first-order chi connectivity index (χ1) is 8.69. The van der Waals surface area contributed by atoms with Crippen LogP contribution in [0, 0.1) is 11.3 Å². The molecule has 4 nitrogen and oxygen atoms in total. The van der Waals surface area contributed by atoms with Crippen molar-refractivity contribution in [2.75, 3.05) is 10.5 Å². The molecule has 0 aliphatic carbocycles. The monoisotopic (exact) mass is 292 g/mol. The smallest absolute Gasteiger partial charge is 0.282 e. The second kappa shape index (κ2) is 5.48. The summed E-state index contributed by atoms with van der Waals surface area (Å²) in [5.41, 5.74) is -1.51. The van der Waals surface area contributed by atoms with Crippen molar-refractivity contribution in [3.05, 3.63) is 29.3 Å². The van der Waals surface area contributed by atoms with E-state index >= 15 is 0 Å². The van der Waals surface area contributed by atoms with Crippen LogP contribution in [0.3, 0.4) is 0 Å². The summed E-state index contributed by atoms with van der Waals surface area (Å²) in [5, 5.41) is 8.78. The van der Waals surface area contributed by atoms with Gasteiger partial charge in [0.2, 0.25) is 10.0 Å². The first kappa shape index (κ1) is 15.3. The third kappa shape index (κ3) is 4.13. The number of halogens is 3. The lowest BCUT2D eigenvalue weighted by molar-refractivity contribution is -0.137. The zero-order chi connectivity index (χ0) is 14.7. The molecular weight excluding hydrogens is 281 g/mol. The Hall–Kier alpha value is -1.75. The number of sulfonamides is 1. The van der Waals surface area contributed by atoms with Crippen LogP contribution in [-0.4, -0.2) is 14.2 Å². The number of benzene rings is 1. The maximum absolute atomic E-state index is 12.4. The van der Waals surface area contributed by atoms with Gasteiger partial charge in [0.25, 0.3) is 0 Å². The summed E-state index contributed by atoms with van der Waals surface area (Å²) in [7, 11) is -3.65. The van der Waals surface area contributed by atoms with E-state index in [0.717, 1.165) is 12.1 Å². The van der Waals surface area contributed by atoms with Crippen molar-refractivity contribution < 1.29 is 21.6 Å². The van der Waals surface area contributed by atoms with Crippen molar-refractivity contribution in [3.63, 3.8) is 0 Å². The fourth-order valence-electron chi connectivity index (χ4n) is 1.39. The highest BCUT2D eigenvalue weighted by Crippen LogP contribution is 2.31. The summed E-state index contributed by atoms with van der Waals surface area (Å²) in [6.45, 7) is 1.65. The molecule has 1 aromatic rings. The van der Waals surface area contributed by atoms with Crippen LogP contribution in [0.5, 0.6) is 0 Å². The maximum atomic E-state index is 12.4. The number of alkyl halides is 3. The van der Waals surface area contributed by atoms with E-state index in [-0.39, 0.29) is 17.0 Å². The highest BCUT2D eigenvalue weighted by Gasteiger charge is 2.31. The minimum Gasteiger partial charge on any atom is -0.282 e. The molecule has 104 valence electrons. The van der Waals surface area contributed by atoms with Gasteiger partial charge < -0.3 is 0 Å². The standard InChI is InChI=1S/C11H11F3N2O2S/c1-2-5-19(17,18)16-10-4-3-9(11(12,13)14)6-8(10)7-15/h3-4,6,16H,2,5H2,1H3. The van der Waals surface area contributed by atoms with Gasteiger partial charge in [-0.05, 0) is 24.6 Å². The number of nitrogens with one attached hydrogen (secondary N) is 1. The molecule has 1 aromatic carbocycles. The van der Waals surface area contributed by atoms with Gasteiger partial charge in [0, 0.05) is 0 Å². The molecule has 1 rings (SSSR count). The van der Waals surface area contributed by atoms with Gasteiger partial charge in [0.1, 0.15) is 6.07 Å². The van der Waals surface area contributed by atoms with E-state index in [2.05, 4.69) is 4.72 Å². The van der Waals surface area contributed by atoms with Crippen molar-refractivity contribution in [2.24, 2.45) is 0 Å². The third-order valence-corrected chi connectivity index (χ3v) is 3.68. The maximum Gasteiger partial charge on any atom is 0.416 e. The number of hydrogen-bond acceptors (Lipinski definition) is 3. The number of rotatable bonds is 4. The quantitative estimate of drug-likeness (QED) is 0.927. The second-order valence-corrected chi connectivity index (χ2v) is 5.63. The van der Waals surface area contributed by atoms with Crippen LogP contribution < -0.4 is 4.72 Å². The van der Waals surface area contributed by atoms with Gasteiger partial charge in [-0.3, -0.25) is 4.72 Å². The summed E-state index contributed by atoms with van der Waals surface area (Å²) >= 11 is 0. The van der Waals surface area contributed by atoms with E-state index in [0.29, 0.717) is 12.5 Å². The molecule has 0 bridgehead atoms. The zero-order valence-electron chi connectivity index (χ0n) is 9.95. The largest absolute Gasteiger partial charge is 0.416 e. The van der Waals surface area contributed by atoms with Gasteiger partial charge in [0.05, 0.1) is 22.6 Å². The molecule has 0 unspecified atom stereocenters. The first-order valence-corrected chi connectivity index (χ1v) is 6.96. The van der Waals surface area contributed by atoms with E-state index in [9.17, 15) is 21.6 Å². The lowest BCUT2D eigenvalue weighted by Crippen LogP contribution is -2.17. The highest BCUT2D eigenvalue weighted by molar-refractivity contribution is 7.92. The molecule has 19 heavy (non-hydrogen) atoms. The van der Waals surface area contributed by atoms with Gasteiger partial charge >= 0.3 is 6.18 Å². The van der Waals surface area contributed by atoms with Crippen LogP contribution in [0.1, 0.15) is 24.5 Å². The molecule has 8 heteroatoms. The molecule has 0 atom stereocenters. The molecule has 0 fully saturated rings. The van der Waals surface area contributed by atoms with Crippen molar-refractivity contribution in [1.29, 1.82) is 5.26 Å². The Kier molecular flexibility index (Phi) is 4.42. The van der Waals surface area contributed by atoms with Crippen molar-refractivity contribution in [3.8, 4) is 6.07 Å². The summed E-state index contributed by atoms with van der Waals surface area (Å²) in [5.74, 6) is -0.168. The van der Waals surface area contributed by atoms with Gasteiger partial charge in [0.15, 0.2) is 0 Å². The van der Waals surface area contributed by atoms with E-state index in [1.807, 2.05) is 0 Å². The van der Waals surface area contributed by atoms with Crippen LogP contribution in [0.15, 0.2) is 18.2 Å². The van der Waals surface area contributed by atoms with Crippen molar-refractivity contribution >= 4 is 15.7 Å². The predicted octanol–water partition coefficient (Wildman–Crippen LogP) is 2.73. The molecular formula is C11H11F3N2O2S. The highest BCUT2D eigenvalue weighted by atomic mass is 32.2. The lowest BCUT2D eigenvalue weighted by atomic mass is 10.1. The number of nitriles is 1. The van der Waals surface area contributed by atoms with E-state index in [1.54, 1.807) is 13.0 Å². The average Bonchev–Trinajstić information content (AvgIpc) is 2.27. The van der Waals surface area contributed by atoms with E-state index in [1.165, 1.54) is 0 Å². The minimum absolute atomic E-state index is 0.149. The Balaban J connectivity index is 3.15. The van der Waals surface area contributed by atoms with Gasteiger partial charge in [-0.15, -0.1) is 0 Å².